The van der Waals surface area contributed by atoms with E-state index in [9.17, 15) is 39.1 Å². The van der Waals surface area contributed by atoms with Crippen LogP contribution in [0.2, 0.25) is 0 Å². The maximum atomic E-state index is 9.36. The van der Waals surface area contributed by atoms with Crippen LogP contribution in [0.15, 0.2) is 0 Å². The van der Waals surface area contributed by atoms with Crippen LogP contribution in [0.3, 0.4) is 0 Å². The van der Waals surface area contributed by atoms with E-state index in [2.05, 4.69) is 0 Å². The molecule has 0 unspecified atom stereocenters. The molecule has 0 radical (unpaired) electrons. The first kappa shape index (κ1) is 46.7. The Balaban J connectivity index is 0.000000629. The minimum absolute atomic E-state index is 0.156. The van der Waals surface area contributed by atoms with E-state index in [-0.39, 0.29) is 55.9 Å². The first-order chi connectivity index (χ1) is 22.5. The third-order valence-corrected chi connectivity index (χ3v) is 10.8. The fourth-order valence-electron chi connectivity index (χ4n) is 7.13. The van der Waals surface area contributed by atoms with Gasteiger partial charge in [-0.3, -0.25) is 4.55 Å². The second-order valence-corrected chi connectivity index (χ2v) is 16.6. The van der Waals surface area contributed by atoms with Crippen LogP contribution in [-0.4, -0.2) is 89.5 Å². The van der Waals surface area contributed by atoms with Gasteiger partial charge in [0.1, 0.15) is 0 Å². The van der Waals surface area contributed by atoms with Gasteiger partial charge in [0, 0.05) is 16.2 Å². The third-order valence-electron chi connectivity index (χ3n) is 10.8. The molecule has 3 rings (SSSR count). The summed E-state index contributed by atoms with van der Waals surface area (Å²) in [7, 11) is -3.67. The summed E-state index contributed by atoms with van der Waals surface area (Å²) in [6.07, 6.45) is 33.4. The zero-order chi connectivity index (χ0) is 35.3. The van der Waals surface area contributed by atoms with Gasteiger partial charge < -0.3 is 30.6 Å². The van der Waals surface area contributed by atoms with E-state index in [0.29, 0.717) is 6.26 Å². The predicted molar refractivity (Wildman–Crippen MR) is 192 cm³/mol. The molecule has 0 aromatic rings. The van der Waals surface area contributed by atoms with Gasteiger partial charge in [-0.05, 0) is 38.5 Å². The molecule has 3 saturated carbocycles. The van der Waals surface area contributed by atoms with E-state index in [1.165, 1.54) is 135 Å². The first-order valence-corrected chi connectivity index (χ1v) is 20.9. The average Bonchev–Trinajstić information content (AvgIpc) is 3.08. The lowest BCUT2D eigenvalue weighted by Gasteiger charge is -2.30. The highest BCUT2D eigenvalue weighted by atomic mass is 32.2. The van der Waals surface area contributed by atoms with Gasteiger partial charge in [-0.1, -0.05) is 135 Å². The number of aliphatic hydroxyl groups excluding tert-OH is 6. The molecule has 47 heavy (non-hydrogen) atoms. The molecule has 7 N–H and O–H groups in total. The Hall–Kier alpha value is -0.330. The fourth-order valence-corrected chi connectivity index (χ4v) is 7.13. The van der Waals surface area contributed by atoms with Gasteiger partial charge in [0.25, 0.3) is 10.1 Å². The molecule has 0 aliphatic heterocycles. The molecule has 0 amide bonds. The molecule has 0 spiro atoms. The molecule has 0 saturated heterocycles. The Morgan fingerprint density at radius 3 is 0.553 bits per heavy atom. The normalized spacial score (nSPS) is 23.1. The van der Waals surface area contributed by atoms with Gasteiger partial charge in [0.2, 0.25) is 0 Å². The van der Waals surface area contributed by atoms with E-state index in [4.69, 9.17) is 4.55 Å². The van der Waals surface area contributed by atoms with Crippen LogP contribution in [0.5, 0.6) is 0 Å². The van der Waals surface area contributed by atoms with E-state index in [1.807, 2.05) is 0 Å². The molecule has 0 bridgehead atoms. The van der Waals surface area contributed by atoms with Crippen molar-refractivity contribution in [1.82, 2.24) is 0 Å². The van der Waals surface area contributed by atoms with Crippen LogP contribution in [0.4, 0.5) is 0 Å². The first-order valence-electron chi connectivity index (χ1n) is 19.1. The number of hydrogen-bond donors (Lipinski definition) is 7. The summed E-state index contributed by atoms with van der Waals surface area (Å²) in [6, 6.07) is 0. The molecule has 0 atom stereocenters. The lowest BCUT2D eigenvalue weighted by molar-refractivity contribution is 0.0343. The smallest absolute Gasteiger partial charge is 0.261 e. The summed E-state index contributed by atoms with van der Waals surface area (Å²) < 4.78 is 25.9. The van der Waals surface area contributed by atoms with Crippen LogP contribution in [-0.2, 0) is 10.1 Å². The maximum Gasteiger partial charge on any atom is 0.261 e. The molecule has 3 aliphatic rings. The van der Waals surface area contributed by atoms with Crippen molar-refractivity contribution < 1.29 is 43.6 Å². The summed E-state index contributed by atoms with van der Waals surface area (Å²) in [5, 5.41) is 56.2. The molecule has 0 aromatic heterocycles. The minimum Gasteiger partial charge on any atom is -0.396 e. The van der Waals surface area contributed by atoms with Crippen LogP contribution < -0.4 is 0 Å². The van der Waals surface area contributed by atoms with Crippen molar-refractivity contribution in [3.05, 3.63) is 0 Å². The number of aliphatic hydroxyl groups is 6. The predicted octanol–water partition coefficient (Wildman–Crippen LogP) is 6.95. The standard InChI is InChI=1S/3C12H24O2.CH4O3S/c3*13-10-12(11-14)8-6-4-2-1-3-5-7-9-12;1-5(2,3)4/h3*13-14H,1-11H2;1H3,(H,2,3,4). The SMILES string of the molecule is CS(=O)(=O)O.OCC1(CO)CCCCCCCCC1.OCC1(CO)CCCCCCCCC1.OCC1(CO)CCCCCCCCC1. The van der Waals surface area contributed by atoms with Gasteiger partial charge in [-0.15, -0.1) is 0 Å². The number of hydrogen-bond acceptors (Lipinski definition) is 8. The average molecular weight is 697 g/mol. The molecule has 10 heteroatoms. The van der Waals surface area contributed by atoms with Crippen LogP contribution >= 0.6 is 0 Å². The van der Waals surface area contributed by atoms with Crippen molar-refractivity contribution in [3.63, 3.8) is 0 Å². The Labute approximate surface area is 288 Å². The summed E-state index contributed by atoms with van der Waals surface area (Å²) in [6.45, 7) is 0.938. The Kier molecular flexibility index (Phi) is 28.2. The number of rotatable bonds is 6. The summed E-state index contributed by atoms with van der Waals surface area (Å²) in [4.78, 5) is 0. The largest absolute Gasteiger partial charge is 0.396 e. The molecular formula is C37H76O9S. The Morgan fingerprint density at radius 2 is 0.447 bits per heavy atom. The minimum atomic E-state index is -3.67. The third kappa shape index (κ3) is 24.5. The van der Waals surface area contributed by atoms with Crippen molar-refractivity contribution in [2.45, 2.75) is 173 Å². The van der Waals surface area contributed by atoms with Gasteiger partial charge in [0.05, 0.1) is 45.9 Å². The van der Waals surface area contributed by atoms with Crippen molar-refractivity contribution in [2.75, 3.05) is 45.9 Å². The van der Waals surface area contributed by atoms with E-state index >= 15 is 0 Å². The lowest BCUT2D eigenvalue weighted by Crippen LogP contribution is -2.30. The van der Waals surface area contributed by atoms with Crippen LogP contribution in [0.1, 0.15) is 173 Å². The van der Waals surface area contributed by atoms with Gasteiger partial charge in [-0.25, -0.2) is 0 Å². The molecule has 9 nitrogen and oxygen atoms in total. The van der Waals surface area contributed by atoms with Crippen molar-refractivity contribution >= 4 is 10.1 Å². The molecule has 284 valence electrons. The van der Waals surface area contributed by atoms with Gasteiger partial charge >= 0.3 is 0 Å². The second-order valence-electron chi connectivity index (χ2n) is 15.1. The monoisotopic (exact) mass is 697 g/mol. The van der Waals surface area contributed by atoms with Crippen molar-refractivity contribution in [3.8, 4) is 0 Å². The zero-order valence-corrected chi connectivity index (χ0v) is 31.0. The fraction of sp³-hybridized carbons (Fsp3) is 1.00. The van der Waals surface area contributed by atoms with Gasteiger partial charge in [0.15, 0.2) is 0 Å². The highest BCUT2D eigenvalue weighted by Gasteiger charge is 2.29. The molecule has 3 aliphatic carbocycles. The summed E-state index contributed by atoms with van der Waals surface area (Å²) in [5.41, 5.74) is -0.508. The highest BCUT2D eigenvalue weighted by Crippen LogP contribution is 2.34. The van der Waals surface area contributed by atoms with E-state index < -0.39 is 10.1 Å². The van der Waals surface area contributed by atoms with Crippen molar-refractivity contribution in [2.24, 2.45) is 16.2 Å². The molecule has 0 aromatic carbocycles. The Bertz CT molecular complexity index is 669. The quantitative estimate of drug-likeness (QED) is 0.145. The molecule has 0 heterocycles. The zero-order valence-electron chi connectivity index (χ0n) is 30.2. The topological polar surface area (TPSA) is 176 Å². The highest BCUT2D eigenvalue weighted by molar-refractivity contribution is 7.85. The van der Waals surface area contributed by atoms with Gasteiger partial charge in [-0.2, -0.15) is 8.42 Å². The molecular weight excluding hydrogens is 620 g/mol. The maximum absolute atomic E-state index is 9.36. The summed E-state index contributed by atoms with van der Waals surface area (Å²) >= 11 is 0. The van der Waals surface area contributed by atoms with Crippen LogP contribution in [0, 0.1) is 16.2 Å². The second kappa shape index (κ2) is 28.4. The summed E-state index contributed by atoms with van der Waals surface area (Å²) in [5.74, 6) is 0. The molecule has 3 fully saturated rings. The van der Waals surface area contributed by atoms with Crippen LogP contribution in [0.25, 0.3) is 0 Å². The van der Waals surface area contributed by atoms with E-state index in [1.54, 1.807) is 0 Å². The Morgan fingerprint density at radius 1 is 0.340 bits per heavy atom. The van der Waals surface area contributed by atoms with E-state index in [0.717, 1.165) is 38.5 Å². The lowest BCUT2D eigenvalue weighted by atomic mass is 9.78. The van der Waals surface area contributed by atoms with Crippen molar-refractivity contribution in [1.29, 1.82) is 0 Å².